The van der Waals surface area contributed by atoms with Crippen LogP contribution in [0.4, 0.5) is 0 Å². The highest BCUT2D eigenvalue weighted by molar-refractivity contribution is 8.01. The maximum absolute atomic E-state index is 11.0. The van der Waals surface area contributed by atoms with Crippen LogP contribution >= 0.6 is 34.7 Å². The Morgan fingerprint density at radius 3 is 2.64 bits per heavy atom. The SMILES string of the molecule is O=C1CCC(Sc2ccc(Cl)s2)CC1. The molecular formula is C10H11ClOS2. The lowest BCUT2D eigenvalue weighted by Crippen LogP contribution is -2.14. The molecule has 1 saturated carbocycles. The van der Waals surface area contributed by atoms with Crippen molar-refractivity contribution >= 4 is 40.5 Å². The zero-order valence-corrected chi connectivity index (χ0v) is 10.1. The summed E-state index contributed by atoms with van der Waals surface area (Å²) in [5.74, 6) is 0.422. The van der Waals surface area contributed by atoms with Crippen LogP contribution in [0.15, 0.2) is 16.3 Å². The molecule has 0 atom stereocenters. The van der Waals surface area contributed by atoms with Gasteiger partial charge in [-0.25, -0.2) is 0 Å². The number of Topliss-reactive ketones (excluding diaryl/α,β-unsaturated/α-hetero) is 1. The molecule has 1 aliphatic carbocycles. The average molecular weight is 247 g/mol. The van der Waals surface area contributed by atoms with Crippen LogP contribution in [0.3, 0.4) is 0 Å². The van der Waals surface area contributed by atoms with Crippen LogP contribution in [0.1, 0.15) is 25.7 Å². The summed E-state index contributed by atoms with van der Waals surface area (Å²) in [4.78, 5) is 11.0. The van der Waals surface area contributed by atoms with E-state index in [1.807, 2.05) is 17.8 Å². The molecule has 1 aliphatic rings. The molecule has 2 rings (SSSR count). The largest absolute Gasteiger partial charge is 0.300 e. The number of ketones is 1. The fourth-order valence-electron chi connectivity index (χ4n) is 1.56. The minimum atomic E-state index is 0.422. The van der Waals surface area contributed by atoms with Crippen LogP contribution < -0.4 is 0 Å². The van der Waals surface area contributed by atoms with E-state index in [4.69, 9.17) is 11.6 Å². The van der Waals surface area contributed by atoms with Crippen molar-refractivity contribution in [1.29, 1.82) is 0 Å². The molecule has 1 nitrogen and oxygen atoms in total. The number of thioether (sulfide) groups is 1. The summed E-state index contributed by atoms with van der Waals surface area (Å²) >= 11 is 9.35. The zero-order valence-electron chi connectivity index (χ0n) is 7.66. The summed E-state index contributed by atoms with van der Waals surface area (Å²) in [7, 11) is 0. The van der Waals surface area contributed by atoms with Crippen molar-refractivity contribution in [3.8, 4) is 0 Å². The van der Waals surface area contributed by atoms with Gasteiger partial charge in [-0.05, 0) is 25.0 Å². The first kappa shape index (κ1) is 10.5. The molecule has 0 saturated heterocycles. The highest BCUT2D eigenvalue weighted by Crippen LogP contribution is 2.37. The summed E-state index contributed by atoms with van der Waals surface area (Å²) < 4.78 is 2.12. The Morgan fingerprint density at radius 1 is 1.36 bits per heavy atom. The van der Waals surface area contributed by atoms with Gasteiger partial charge in [0.2, 0.25) is 0 Å². The third kappa shape index (κ3) is 2.75. The Morgan fingerprint density at radius 2 is 2.07 bits per heavy atom. The van der Waals surface area contributed by atoms with Crippen molar-refractivity contribution in [3.05, 3.63) is 16.5 Å². The van der Waals surface area contributed by atoms with Crippen molar-refractivity contribution < 1.29 is 4.79 Å². The number of carbonyl (C=O) groups excluding carboxylic acids is 1. The molecule has 0 aliphatic heterocycles. The Balaban J connectivity index is 1.89. The smallest absolute Gasteiger partial charge is 0.132 e. The molecule has 4 heteroatoms. The van der Waals surface area contributed by atoms with E-state index >= 15 is 0 Å². The summed E-state index contributed by atoms with van der Waals surface area (Å²) in [6, 6.07) is 4.00. The topological polar surface area (TPSA) is 17.1 Å². The normalized spacial score (nSPS) is 18.8. The minimum Gasteiger partial charge on any atom is -0.300 e. The predicted molar refractivity (Wildman–Crippen MR) is 62.4 cm³/mol. The standard InChI is InChI=1S/C10H11ClOS2/c11-9-5-6-10(14-9)13-8-3-1-7(12)2-4-8/h5-6,8H,1-4H2. The average Bonchev–Trinajstić information content (AvgIpc) is 2.56. The third-order valence-corrected chi connectivity index (χ3v) is 5.06. The molecule has 0 spiro atoms. The molecule has 0 N–H and O–H groups in total. The molecule has 1 heterocycles. The van der Waals surface area contributed by atoms with Crippen molar-refractivity contribution in [1.82, 2.24) is 0 Å². The van der Waals surface area contributed by atoms with Crippen LogP contribution in [-0.4, -0.2) is 11.0 Å². The van der Waals surface area contributed by atoms with E-state index < -0.39 is 0 Å². The summed E-state index contributed by atoms with van der Waals surface area (Å²) in [5.41, 5.74) is 0. The van der Waals surface area contributed by atoms with Crippen LogP contribution in [0.5, 0.6) is 0 Å². The fraction of sp³-hybridized carbons (Fsp3) is 0.500. The van der Waals surface area contributed by atoms with Gasteiger partial charge >= 0.3 is 0 Å². The van der Waals surface area contributed by atoms with Gasteiger partial charge in [0, 0.05) is 18.1 Å². The third-order valence-electron chi connectivity index (χ3n) is 2.32. The second-order valence-electron chi connectivity index (χ2n) is 3.41. The molecule has 1 fully saturated rings. The Bertz CT molecular complexity index is 325. The van der Waals surface area contributed by atoms with E-state index in [1.54, 1.807) is 11.3 Å². The molecule has 0 radical (unpaired) electrons. The second-order valence-corrected chi connectivity index (χ2v) is 6.73. The molecule has 0 unspecified atom stereocenters. The first-order valence-corrected chi connectivity index (χ1v) is 6.75. The molecule has 0 bridgehead atoms. The van der Waals surface area contributed by atoms with Crippen molar-refractivity contribution in [2.45, 2.75) is 35.1 Å². The summed E-state index contributed by atoms with van der Waals surface area (Å²) in [6.07, 6.45) is 3.57. The molecule has 0 aromatic carbocycles. The van der Waals surface area contributed by atoms with Crippen LogP contribution in [0.25, 0.3) is 0 Å². The first-order chi connectivity index (χ1) is 6.74. The molecule has 76 valence electrons. The van der Waals surface area contributed by atoms with Gasteiger partial charge in [0.1, 0.15) is 5.78 Å². The van der Waals surface area contributed by atoms with Gasteiger partial charge in [-0.1, -0.05) is 11.6 Å². The van der Waals surface area contributed by atoms with Gasteiger partial charge in [-0.2, -0.15) is 0 Å². The van der Waals surface area contributed by atoms with E-state index in [1.165, 1.54) is 4.21 Å². The minimum absolute atomic E-state index is 0.422. The fourth-order valence-corrected chi connectivity index (χ4v) is 4.29. The molecule has 14 heavy (non-hydrogen) atoms. The van der Waals surface area contributed by atoms with E-state index in [0.29, 0.717) is 11.0 Å². The van der Waals surface area contributed by atoms with Gasteiger partial charge in [0.15, 0.2) is 0 Å². The lowest BCUT2D eigenvalue weighted by molar-refractivity contribution is -0.120. The van der Waals surface area contributed by atoms with Crippen molar-refractivity contribution in [3.63, 3.8) is 0 Å². The molecule has 1 aromatic rings. The van der Waals surface area contributed by atoms with Gasteiger partial charge in [-0.15, -0.1) is 23.1 Å². The van der Waals surface area contributed by atoms with E-state index in [9.17, 15) is 4.79 Å². The molecule has 0 amide bonds. The van der Waals surface area contributed by atoms with Gasteiger partial charge < -0.3 is 0 Å². The van der Waals surface area contributed by atoms with Crippen LogP contribution in [0.2, 0.25) is 4.34 Å². The first-order valence-electron chi connectivity index (χ1n) is 4.68. The molecule has 1 aromatic heterocycles. The Kier molecular flexibility index (Phi) is 3.52. The Labute approximate surface area is 96.8 Å². The van der Waals surface area contributed by atoms with Crippen LogP contribution in [-0.2, 0) is 4.79 Å². The van der Waals surface area contributed by atoms with Crippen molar-refractivity contribution in [2.75, 3.05) is 0 Å². The number of hydrogen-bond donors (Lipinski definition) is 0. The maximum Gasteiger partial charge on any atom is 0.132 e. The van der Waals surface area contributed by atoms with Crippen molar-refractivity contribution in [2.24, 2.45) is 0 Å². The second kappa shape index (κ2) is 4.69. The van der Waals surface area contributed by atoms with Gasteiger partial charge in [-0.3, -0.25) is 4.79 Å². The number of hydrogen-bond acceptors (Lipinski definition) is 3. The number of carbonyl (C=O) groups is 1. The number of rotatable bonds is 2. The lowest BCUT2D eigenvalue weighted by Gasteiger charge is -2.19. The van der Waals surface area contributed by atoms with E-state index in [-0.39, 0.29) is 0 Å². The van der Waals surface area contributed by atoms with Gasteiger partial charge in [0.25, 0.3) is 0 Å². The predicted octanol–water partition coefficient (Wildman–Crippen LogP) is 4.01. The van der Waals surface area contributed by atoms with E-state index in [0.717, 1.165) is 30.0 Å². The number of thiophene rings is 1. The quantitative estimate of drug-likeness (QED) is 0.785. The highest BCUT2D eigenvalue weighted by atomic mass is 35.5. The van der Waals surface area contributed by atoms with Crippen LogP contribution in [0, 0.1) is 0 Å². The lowest BCUT2D eigenvalue weighted by atomic mass is 9.99. The maximum atomic E-state index is 11.0. The summed E-state index contributed by atoms with van der Waals surface area (Å²) in [5, 5.41) is 0.613. The highest BCUT2D eigenvalue weighted by Gasteiger charge is 2.19. The summed E-state index contributed by atoms with van der Waals surface area (Å²) in [6.45, 7) is 0. The molecular weight excluding hydrogens is 236 g/mol. The Hall–Kier alpha value is 0.01000. The zero-order chi connectivity index (χ0) is 9.97. The van der Waals surface area contributed by atoms with E-state index in [2.05, 4.69) is 6.07 Å². The monoisotopic (exact) mass is 246 g/mol. The number of halogens is 1. The van der Waals surface area contributed by atoms with Gasteiger partial charge in [0.05, 0.1) is 8.55 Å².